The molecular weight excluding hydrogens is 394 g/mol. The molecule has 0 aliphatic carbocycles. The molecule has 10 nitrogen and oxygen atoms in total. The molecule has 0 amide bonds. The van der Waals surface area contributed by atoms with Gasteiger partial charge in [-0.05, 0) is 12.1 Å². The first kappa shape index (κ1) is 20.3. The Morgan fingerprint density at radius 1 is 1.20 bits per heavy atom. The van der Waals surface area contributed by atoms with Gasteiger partial charge in [0.25, 0.3) is 5.56 Å². The summed E-state index contributed by atoms with van der Waals surface area (Å²) in [5.41, 5.74) is -0.371. The minimum Gasteiger partial charge on any atom is -0.459 e. The molecule has 2 aromatic rings. The number of carbonyl (C=O) groups excluding carboxylic acids is 1. The van der Waals surface area contributed by atoms with Crippen LogP contribution in [0, 0.1) is 0 Å². The molecule has 3 atom stereocenters. The van der Waals surface area contributed by atoms with E-state index >= 15 is 0 Å². The van der Waals surface area contributed by atoms with Gasteiger partial charge in [0.15, 0.2) is 0 Å². The third-order valence-corrected chi connectivity index (χ3v) is 5.20. The number of morpholine rings is 1. The summed E-state index contributed by atoms with van der Waals surface area (Å²) in [6.45, 7) is 1.90. The minimum absolute atomic E-state index is 0.127. The number of esters is 1. The summed E-state index contributed by atoms with van der Waals surface area (Å²) in [6.07, 6.45) is -0.924. The lowest BCUT2D eigenvalue weighted by Crippen LogP contribution is -2.42. The third-order valence-electron chi connectivity index (χ3n) is 5.20. The Balaban J connectivity index is 1.45. The van der Waals surface area contributed by atoms with Crippen molar-refractivity contribution >= 4 is 11.7 Å². The molecule has 2 saturated heterocycles. The maximum atomic E-state index is 12.3. The average Bonchev–Trinajstić information content (AvgIpc) is 3.13. The Morgan fingerprint density at radius 3 is 2.67 bits per heavy atom. The van der Waals surface area contributed by atoms with E-state index < -0.39 is 35.7 Å². The second kappa shape index (κ2) is 8.82. The Labute approximate surface area is 171 Å². The van der Waals surface area contributed by atoms with Crippen LogP contribution in [0.4, 0.5) is 5.69 Å². The first-order valence-electron chi connectivity index (χ1n) is 9.77. The van der Waals surface area contributed by atoms with Gasteiger partial charge in [-0.3, -0.25) is 14.3 Å². The van der Waals surface area contributed by atoms with Crippen molar-refractivity contribution in [2.45, 2.75) is 24.9 Å². The van der Waals surface area contributed by atoms with Crippen molar-refractivity contribution in [2.24, 2.45) is 0 Å². The summed E-state index contributed by atoms with van der Waals surface area (Å²) < 4.78 is 17.6. The second-order valence-corrected chi connectivity index (χ2v) is 7.18. The molecule has 0 bridgehead atoms. The van der Waals surface area contributed by atoms with Crippen molar-refractivity contribution in [3.63, 3.8) is 0 Å². The van der Waals surface area contributed by atoms with Gasteiger partial charge in [-0.2, -0.15) is 0 Å². The first-order chi connectivity index (χ1) is 14.5. The number of anilines is 1. The van der Waals surface area contributed by atoms with Gasteiger partial charge >= 0.3 is 11.7 Å². The fraction of sp³-hybridized carbons (Fsp3) is 0.450. The molecule has 2 aliphatic rings. The van der Waals surface area contributed by atoms with Crippen LogP contribution in [0.3, 0.4) is 0 Å². The number of ether oxygens (including phenoxy) is 3. The predicted octanol–water partition coefficient (Wildman–Crippen LogP) is -0.121. The molecule has 30 heavy (non-hydrogen) atoms. The van der Waals surface area contributed by atoms with Crippen LogP contribution >= 0.6 is 0 Å². The molecule has 0 radical (unpaired) electrons. The average molecular weight is 417 g/mol. The van der Waals surface area contributed by atoms with Crippen LogP contribution in [-0.2, 0) is 14.2 Å². The molecule has 4 rings (SSSR count). The minimum atomic E-state index is -0.927. The number of aromatic nitrogens is 2. The quantitative estimate of drug-likeness (QED) is 0.646. The SMILES string of the molecule is O=C(OCC1OC(n2cc(N3CCOCC3)c(=O)[nH]c2=O)CC1O)c1ccccc1. The normalized spacial score (nSPS) is 24.0. The molecule has 0 saturated carbocycles. The number of hydrogen-bond donors (Lipinski definition) is 2. The lowest BCUT2D eigenvalue weighted by Gasteiger charge is -2.28. The number of H-pyrrole nitrogens is 1. The Hall–Kier alpha value is -2.95. The number of carbonyl (C=O) groups is 1. The second-order valence-electron chi connectivity index (χ2n) is 7.18. The van der Waals surface area contributed by atoms with E-state index in [0.29, 0.717) is 37.6 Å². The van der Waals surface area contributed by atoms with Gasteiger partial charge in [-0.1, -0.05) is 18.2 Å². The number of nitrogens with one attached hydrogen (secondary N) is 1. The van der Waals surface area contributed by atoms with E-state index in [9.17, 15) is 19.5 Å². The maximum Gasteiger partial charge on any atom is 0.338 e. The van der Waals surface area contributed by atoms with Crippen LogP contribution in [0.5, 0.6) is 0 Å². The summed E-state index contributed by atoms with van der Waals surface area (Å²) >= 11 is 0. The first-order valence-corrected chi connectivity index (χ1v) is 9.77. The van der Waals surface area contributed by atoms with Gasteiger partial charge in [0.05, 0.1) is 24.9 Å². The highest BCUT2D eigenvalue weighted by atomic mass is 16.6. The van der Waals surface area contributed by atoms with Gasteiger partial charge in [0, 0.05) is 25.7 Å². The lowest BCUT2D eigenvalue weighted by atomic mass is 10.2. The summed E-state index contributed by atoms with van der Waals surface area (Å²) in [7, 11) is 0. The number of benzene rings is 1. The molecule has 3 heterocycles. The largest absolute Gasteiger partial charge is 0.459 e. The van der Waals surface area contributed by atoms with E-state index in [-0.39, 0.29) is 13.0 Å². The third kappa shape index (κ3) is 4.30. The molecule has 1 aromatic heterocycles. The van der Waals surface area contributed by atoms with E-state index in [1.807, 2.05) is 4.90 Å². The topological polar surface area (TPSA) is 123 Å². The molecule has 3 unspecified atom stereocenters. The smallest absolute Gasteiger partial charge is 0.338 e. The molecule has 2 aliphatic heterocycles. The number of aromatic amines is 1. The molecule has 160 valence electrons. The fourth-order valence-corrected chi connectivity index (χ4v) is 3.57. The number of hydrogen-bond acceptors (Lipinski definition) is 8. The zero-order valence-corrected chi connectivity index (χ0v) is 16.2. The number of aliphatic hydroxyl groups excluding tert-OH is 1. The van der Waals surface area contributed by atoms with Gasteiger partial charge in [-0.25, -0.2) is 9.59 Å². The maximum absolute atomic E-state index is 12.3. The van der Waals surface area contributed by atoms with Crippen LogP contribution in [0.1, 0.15) is 23.0 Å². The molecule has 10 heteroatoms. The molecular formula is C20H23N3O7. The number of rotatable bonds is 5. The van der Waals surface area contributed by atoms with Gasteiger partial charge < -0.3 is 24.2 Å². The van der Waals surface area contributed by atoms with E-state index in [1.54, 1.807) is 30.3 Å². The summed E-state index contributed by atoms with van der Waals surface area (Å²) in [4.78, 5) is 40.8. The van der Waals surface area contributed by atoms with Crippen molar-refractivity contribution in [2.75, 3.05) is 37.8 Å². The lowest BCUT2D eigenvalue weighted by molar-refractivity contribution is -0.0531. The number of nitrogens with zero attached hydrogens (tertiary/aromatic N) is 2. The number of aliphatic hydroxyl groups is 1. The van der Waals surface area contributed by atoms with Crippen LogP contribution in [-0.4, -0.2) is 65.7 Å². The molecule has 2 fully saturated rings. The molecule has 2 N–H and O–H groups in total. The van der Waals surface area contributed by atoms with Crippen LogP contribution in [0.25, 0.3) is 0 Å². The van der Waals surface area contributed by atoms with Crippen molar-refractivity contribution in [3.8, 4) is 0 Å². The summed E-state index contributed by atoms with van der Waals surface area (Å²) in [5, 5.41) is 10.3. The highest BCUT2D eigenvalue weighted by Gasteiger charge is 2.36. The zero-order chi connectivity index (χ0) is 21.1. The van der Waals surface area contributed by atoms with E-state index in [0.717, 1.165) is 0 Å². The fourth-order valence-electron chi connectivity index (χ4n) is 3.57. The van der Waals surface area contributed by atoms with E-state index in [4.69, 9.17) is 14.2 Å². The highest BCUT2D eigenvalue weighted by molar-refractivity contribution is 5.89. The summed E-state index contributed by atoms with van der Waals surface area (Å²) in [6, 6.07) is 8.50. The van der Waals surface area contributed by atoms with Crippen LogP contribution in [0.15, 0.2) is 46.1 Å². The van der Waals surface area contributed by atoms with Crippen molar-refractivity contribution < 1.29 is 24.1 Å². The predicted molar refractivity (Wildman–Crippen MR) is 106 cm³/mol. The van der Waals surface area contributed by atoms with Gasteiger partial charge in [0.2, 0.25) is 0 Å². The molecule has 0 spiro atoms. The Kier molecular flexibility index (Phi) is 5.98. The van der Waals surface area contributed by atoms with Gasteiger partial charge in [0.1, 0.15) is 24.6 Å². The van der Waals surface area contributed by atoms with Gasteiger partial charge in [-0.15, -0.1) is 0 Å². The van der Waals surface area contributed by atoms with Crippen LogP contribution < -0.4 is 16.1 Å². The monoisotopic (exact) mass is 417 g/mol. The highest BCUT2D eigenvalue weighted by Crippen LogP contribution is 2.28. The van der Waals surface area contributed by atoms with Crippen molar-refractivity contribution in [3.05, 3.63) is 62.9 Å². The molecule has 1 aromatic carbocycles. The zero-order valence-electron chi connectivity index (χ0n) is 16.2. The Morgan fingerprint density at radius 2 is 1.93 bits per heavy atom. The van der Waals surface area contributed by atoms with E-state index in [1.165, 1.54) is 10.8 Å². The van der Waals surface area contributed by atoms with Crippen molar-refractivity contribution in [1.29, 1.82) is 0 Å². The van der Waals surface area contributed by atoms with Crippen LogP contribution in [0.2, 0.25) is 0 Å². The Bertz CT molecular complexity index is 997. The standard InChI is InChI=1S/C20H23N3O7/c24-15-10-17(30-16(15)12-29-19(26)13-4-2-1-3-5-13)23-11-14(18(25)21-20(23)27)22-6-8-28-9-7-22/h1-5,11,15-17,24H,6-10,12H2,(H,21,25,27). The summed E-state index contributed by atoms with van der Waals surface area (Å²) in [5.74, 6) is -0.523. The van der Waals surface area contributed by atoms with Crippen molar-refractivity contribution in [1.82, 2.24) is 9.55 Å². The van der Waals surface area contributed by atoms with E-state index in [2.05, 4.69) is 4.98 Å².